The standard InChI is InChI=1S/C18H20N2O4S2/c1-2-3-7-19-16(21)6-8-20-17(22)15(26-18(20)25)10-12-4-5-13-14(9-12)24-11-23-13/h4-5,9-10H,2-3,6-8,11H2,1H3,(H,19,21)/b15-10-. The molecule has 0 bridgehead atoms. The molecule has 2 amide bonds. The molecule has 26 heavy (non-hydrogen) atoms. The first-order valence-electron chi connectivity index (χ1n) is 8.50. The second kappa shape index (κ2) is 8.55. The molecule has 0 aliphatic carbocycles. The minimum atomic E-state index is -0.168. The van der Waals surface area contributed by atoms with E-state index in [9.17, 15) is 9.59 Å². The third kappa shape index (κ3) is 4.37. The number of hydrogen-bond acceptors (Lipinski definition) is 6. The first-order chi connectivity index (χ1) is 12.6. The molecule has 2 heterocycles. The predicted molar refractivity (Wildman–Crippen MR) is 105 cm³/mol. The summed E-state index contributed by atoms with van der Waals surface area (Å²) in [5, 5.41) is 2.84. The lowest BCUT2D eigenvalue weighted by Gasteiger charge is -2.14. The van der Waals surface area contributed by atoms with E-state index in [1.165, 1.54) is 16.7 Å². The van der Waals surface area contributed by atoms with Crippen molar-refractivity contribution in [3.63, 3.8) is 0 Å². The van der Waals surface area contributed by atoms with Crippen LogP contribution in [0, 0.1) is 0 Å². The maximum Gasteiger partial charge on any atom is 0.266 e. The molecule has 6 nitrogen and oxygen atoms in total. The number of nitrogens with one attached hydrogen (secondary N) is 1. The number of fused-ring (bicyclic) bond motifs is 1. The van der Waals surface area contributed by atoms with E-state index in [1.54, 1.807) is 6.08 Å². The smallest absolute Gasteiger partial charge is 0.266 e. The Morgan fingerprint density at radius 1 is 1.38 bits per heavy atom. The molecule has 2 aliphatic rings. The lowest BCUT2D eigenvalue weighted by atomic mass is 10.2. The number of thioether (sulfide) groups is 1. The van der Waals surface area contributed by atoms with Crippen molar-refractivity contribution in [3.8, 4) is 11.5 Å². The Morgan fingerprint density at radius 3 is 3.00 bits per heavy atom. The molecular weight excluding hydrogens is 372 g/mol. The van der Waals surface area contributed by atoms with E-state index in [-0.39, 0.29) is 25.0 Å². The SMILES string of the molecule is CCCCNC(=O)CCN1C(=O)/C(=C/c2ccc3c(c2)OCO3)SC1=S. The van der Waals surface area contributed by atoms with Crippen molar-refractivity contribution in [2.45, 2.75) is 26.2 Å². The zero-order valence-corrected chi connectivity index (χ0v) is 16.1. The maximum absolute atomic E-state index is 12.6. The van der Waals surface area contributed by atoms with E-state index in [0.29, 0.717) is 33.8 Å². The maximum atomic E-state index is 12.6. The Labute approximate surface area is 161 Å². The molecule has 0 unspecified atom stereocenters. The molecule has 2 aliphatic heterocycles. The Kier molecular flexibility index (Phi) is 6.16. The first-order valence-corrected chi connectivity index (χ1v) is 9.72. The molecule has 1 saturated heterocycles. The van der Waals surface area contributed by atoms with Crippen LogP contribution in [0.4, 0.5) is 0 Å². The molecule has 3 rings (SSSR count). The molecule has 1 fully saturated rings. The van der Waals surface area contributed by atoms with Gasteiger partial charge in [-0.3, -0.25) is 14.5 Å². The van der Waals surface area contributed by atoms with Gasteiger partial charge >= 0.3 is 0 Å². The Hall–Kier alpha value is -2.06. The summed E-state index contributed by atoms with van der Waals surface area (Å²) in [7, 11) is 0. The Balaban J connectivity index is 1.60. The van der Waals surface area contributed by atoms with Crippen molar-refractivity contribution in [1.29, 1.82) is 0 Å². The minimum Gasteiger partial charge on any atom is -0.454 e. The van der Waals surface area contributed by atoms with Crippen molar-refractivity contribution >= 4 is 46.2 Å². The molecule has 0 spiro atoms. The molecule has 0 radical (unpaired) electrons. The van der Waals surface area contributed by atoms with Crippen LogP contribution < -0.4 is 14.8 Å². The average molecular weight is 393 g/mol. The summed E-state index contributed by atoms with van der Waals surface area (Å²) in [6.07, 6.45) is 4.00. The summed E-state index contributed by atoms with van der Waals surface area (Å²) >= 11 is 6.55. The summed E-state index contributed by atoms with van der Waals surface area (Å²) in [5.41, 5.74) is 0.840. The monoisotopic (exact) mass is 392 g/mol. The highest BCUT2D eigenvalue weighted by Gasteiger charge is 2.32. The average Bonchev–Trinajstić information content (AvgIpc) is 3.18. The van der Waals surface area contributed by atoms with E-state index < -0.39 is 0 Å². The minimum absolute atomic E-state index is 0.0627. The van der Waals surface area contributed by atoms with Crippen LogP contribution in [0.15, 0.2) is 23.1 Å². The molecule has 1 aromatic carbocycles. The fourth-order valence-corrected chi connectivity index (χ4v) is 3.86. The third-order valence-electron chi connectivity index (χ3n) is 3.98. The van der Waals surface area contributed by atoms with Crippen LogP contribution in [-0.2, 0) is 9.59 Å². The van der Waals surface area contributed by atoms with E-state index in [0.717, 1.165) is 18.4 Å². The van der Waals surface area contributed by atoms with Crippen molar-refractivity contribution in [1.82, 2.24) is 10.2 Å². The lowest BCUT2D eigenvalue weighted by molar-refractivity contribution is -0.123. The summed E-state index contributed by atoms with van der Waals surface area (Å²) in [6.45, 7) is 3.23. The molecule has 0 saturated carbocycles. The second-order valence-electron chi connectivity index (χ2n) is 5.90. The van der Waals surface area contributed by atoms with Crippen molar-refractivity contribution in [2.24, 2.45) is 0 Å². The number of carbonyl (C=O) groups is 2. The predicted octanol–water partition coefficient (Wildman–Crippen LogP) is 2.92. The number of unbranched alkanes of at least 4 members (excludes halogenated alkanes) is 1. The van der Waals surface area contributed by atoms with E-state index in [4.69, 9.17) is 21.7 Å². The van der Waals surface area contributed by atoms with Gasteiger partial charge < -0.3 is 14.8 Å². The van der Waals surface area contributed by atoms with Crippen LogP contribution in [0.1, 0.15) is 31.7 Å². The van der Waals surface area contributed by atoms with Crippen molar-refractivity contribution < 1.29 is 19.1 Å². The first kappa shape index (κ1) is 18.7. The molecule has 1 N–H and O–H groups in total. The van der Waals surface area contributed by atoms with Gasteiger partial charge in [0.15, 0.2) is 11.5 Å². The van der Waals surface area contributed by atoms with Gasteiger partial charge in [-0.2, -0.15) is 0 Å². The van der Waals surface area contributed by atoms with Gasteiger partial charge in [0.1, 0.15) is 4.32 Å². The van der Waals surface area contributed by atoms with Crippen LogP contribution in [-0.4, -0.2) is 40.9 Å². The zero-order valence-electron chi connectivity index (χ0n) is 14.4. The molecule has 0 aromatic heterocycles. The summed E-state index contributed by atoms with van der Waals surface area (Å²) in [4.78, 5) is 26.4. The number of carbonyl (C=O) groups excluding carboxylic acids is 2. The number of thiocarbonyl (C=S) groups is 1. The topological polar surface area (TPSA) is 67.9 Å². The highest BCUT2D eigenvalue weighted by molar-refractivity contribution is 8.26. The summed E-state index contributed by atoms with van der Waals surface area (Å²) in [5.74, 6) is 1.13. The molecule has 0 atom stereocenters. The highest BCUT2D eigenvalue weighted by atomic mass is 32.2. The quantitative estimate of drug-likeness (QED) is 0.437. The van der Waals surface area contributed by atoms with E-state index >= 15 is 0 Å². The van der Waals surface area contributed by atoms with Crippen molar-refractivity contribution in [2.75, 3.05) is 19.9 Å². The molecular formula is C18H20N2O4S2. The van der Waals surface area contributed by atoms with E-state index in [2.05, 4.69) is 12.2 Å². The number of amides is 2. The summed E-state index contributed by atoms with van der Waals surface area (Å²) < 4.78 is 11.1. The van der Waals surface area contributed by atoms with Crippen LogP contribution >= 0.6 is 24.0 Å². The van der Waals surface area contributed by atoms with Gasteiger partial charge in [-0.25, -0.2) is 0 Å². The van der Waals surface area contributed by atoms with E-state index in [1.807, 2.05) is 18.2 Å². The van der Waals surface area contributed by atoms with Gasteiger partial charge in [0.05, 0.1) is 4.91 Å². The van der Waals surface area contributed by atoms with Crippen molar-refractivity contribution in [3.05, 3.63) is 28.7 Å². The van der Waals surface area contributed by atoms with Gasteiger partial charge in [-0.1, -0.05) is 43.4 Å². The lowest BCUT2D eigenvalue weighted by Crippen LogP contribution is -2.33. The van der Waals surface area contributed by atoms with Crippen LogP contribution in [0.3, 0.4) is 0 Å². The number of ether oxygens (including phenoxy) is 2. The van der Waals surface area contributed by atoms with Gasteiger partial charge in [-0.05, 0) is 30.2 Å². The zero-order chi connectivity index (χ0) is 18.5. The molecule has 1 aromatic rings. The van der Waals surface area contributed by atoms with Crippen LogP contribution in [0.25, 0.3) is 6.08 Å². The van der Waals surface area contributed by atoms with Gasteiger partial charge in [0.25, 0.3) is 5.91 Å². The van der Waals surface area contributed by atoms with Gasteiger partial charge in [0.2, 0.25) is 12.7 Å². The van der Waals surface area contributed by atoms with Gasteiger partial charge in [0, 0.05) is 19.5 Å². The number of hydrogen-bond donors (Lipinski definition) is 1. The Bertz CT molecular complexity index is 764. The van der Waals surface area contributed by atoms with Crippen LogP contribution in [0.2, 0.25) is 0 Å². The molecule has 138 valence electrons. The third-order valence-corrected chi connectivity index (χ3v) is 5.36. The fraction of sp³-hybridized carbons (Fsp3) is 0.389. The summed E-state index contributed by atoms with van der Waals surface area (Å²) in [6, 6.07) is 5.51. The number of nitrogens with zero attached hydrogens (tertiary/aromatic N) is 1. The number of benzene rings is 1. The van der Waals surface area contributed by atoms with Crippen LogP contribution in [0.5, 0.6) is 11.5 Å². The second-order valence-corrected chi connectivity index (χ2v) is 7.58. The molecule has 8 heteroatoms. The largest absolute Gasteiger partial charge is 0.454 e. The normalized spacial score (nSPS) is 17.3. The Morgan fingerprint density at radius 2 is 2.19 bits per heavy atom. The number of rotatable bonds is 7. The van der Waals surface area contributed by atoms with Gasteiger partial charge in [-0.15, -0.1) is 0 Å². The highest BCUT2D eigenvalue weighted by Crippen LogP contribution is 2.36. The fourth-order valence-electron chi connectivity index (χ4n) is 2.55.